The summed E-state index contributed by atoms with van der Waals surface area (Å²) in [5, 5.41) is 4.95. The summed E-state index contributed by atoms with van der Waals surface area (Å²) in [5.41, 5.74) is 17.6. The van der Waals surface area contributed by atoms with Crippen LogP contribution in [0.15, 0.2) is 30.6 Å². The normalized spacial score (nSPS) is 11.5. The molecule has 0 atom stereocenters. The van der Waals surface area contributed by atoms with Gasteiger partial charge in [0.1, 0.15) is 17.7 Å². The molecule has 126 valence electrons. The number of fused-ring (bicyclic) bond motifs is 3. The number of anilines is 1. The van der Waals surface area contributed by atoms with Crippen molar-refractivity contribution in [2.75, 3.05) is 5.73 Å². The fraction of sp³-hybridized carbons (Fsp3) is 0.167. The van der Waals surface area contributed by atoms with E-state index in [2.05, 4.69) is 10.1 Å². The smallest absolute Gasteiger partial charge is 0.253 e. The van der Waals surface area contributed by atoms with E-state index >= 15 is 0 Å². The SMILES string of the molecule is Cc1cccc(C)c1-n1c(N)c(C(N)=O)c2cc(C)n3ncnc3c21. The molecule has 7 heteroatoms. The Morgan fingerprint density at radius 2 is 1.84 bits per heavy atom. The number of hydrogen-bond donors (Lipinski definition) is 2. The summed E-state index contributed by atoms with van der Waals surface area (Å²) in [6.07, 6.45) is 1.49. The predicted molar refractivity (Wildman–Crippen MR) is 97.0 cm³/mol. The first-order valence-corrected chi connectivity index (χ1v) is 7.91. The second-order valence-electron chi connectivity index (χ2n) is 6.24. The van der Waals surface area contributed by atoms with Crippen LogP contribution in [0.3, 0.4) is 0 Å². The molecule has 1 aromatic carbocycles. The second kappa shape index (κ2) is 5.07. The highest BCUT2D eigenvalue weighted by Gasteiger charge is 2.25. The fourth-order valence-corrected chi connectivity index (χ4v) is 3.55. The standard InChI is InChI=1S/C18H18N6O/c1-9-5-4-6-10(2)14(9)23-15-12(13(16(23)19)17(20)25)7-11(3)24-18(15)21-8-22-24/h4-8H,19H2,1-3H3,(H2,20,25). The Bertz CT molecular complexity index is 1150. The topological polar surface area (TPSA) is 104 Å². The highest BCUT2D eigenvalue weighted by Crippen LogP contribution is 2.36. The van der Waals surface area contributed by atoms with Gasteiger partial charge in [-0.1, -0.05) is 18.2 Å². The van der Waals surface area contributed by atoms with E-state index in [1.54, 1.807) is 4.52 Å². The summed E-state index contributed by atoms with van der Waals surface area (Å²) in [6.45, 7) is 5.91. The number of carbonyl (C=O) groups is 1. The molecule has 0 aliphatic rings. The van der Waals surface area contributed by atoms with Crippen molar-refractivity contribution in [1.29, 1.82) is 0 Å². The molecular formula is C18H18N6O. The molecule has 3 heterocycles. The molecular weight excluding hydrogens is 316 g/mol. The number of rotatable bonds is 2. The minimum absolute atomic E-state index is 0.311. The minimum atomic E-state index is -0.559. The fourth-order valence-electron chi connectivity index (χ4n) is 3.55. The highest BCUT2D eigenvalue weighted by molar-refractivity contribution is 6.14. The molecule has 0 radical (unpaired) electrons. The summed E-state index contributed by atoms with van der Waals surface area (Å²) >= 11 is 0. The first kappa shape index (κ1) is 15.2. The number of hydrogen-bond acceptors (Lipinski definition) is 4. The van der Waals surface area contributed by atoms with Gasteiger partial charge in [-0.05, 0) is 38.0 Å². The van der Waals surface area contributed by atoms with E-state index in [-0.39, 0.29) is 0 Å². The molecule has 4 rings (SSSR count). The molecule has 0 spiro atoms. The maximum absolute atomic E-state index is 12.1. The van der Waals surface area contributed by atoms with E-state index in [1.807, 2.05) is 49.6 Å². The zero-order chi connectivity index (χ0) is 17.9. The largest absolute Gasteiger partial charge is 0.384 e. The van der Waals surface area contributed by atoms with E-state index in [4.69, 9.17) is 11.5 Å². The minimum Gasteiger partial charge on any atom is -0.384 e. The molecule has 1 amide bonds. The van der Waals surface area contributed by atoms with E-state index in [9.17, 15) is 4.79 Å². The van der Waals surface area contributed by atoms with Gasteiger partial charge in [0, 0.05) is 11.1 Å². The monoisotopic (exact) mass is 334 g/mol. The molecule has 3 aromatic heterocycles. The van der Waals surface area contributed by atoms with Gasteiger partial charge in [-0.2, -0.15) is 5.10 Å². The predicted octanol–water partition coefficient (Wildman–Crippen LogP) is 2.28. The van der Waals surface area contributed by atoms with Gasteiger partial charge >= 0.3 is 0 Å². The Morgan fingerprint density at radius 3 is 2.48 bits per heavy atom. The average molecular weight is 334 g/mol. The van der Waals surface area contributed by atoms with Gasteiger partial charge in [-0.3, -0.25) is 9.36 Å². The number of nitrogen functional groups attached to an aromatic ring is 1. The first-order chi connectivity index (χ1) is 11.9. The second-order valence-corrected chi connectivity index (χ2v) is 6.24. The van der Waals surface area contributed by atoms with Crippen molar-refractivity contribution in [3.8, 4) is 5.69 Å². The summed E-state index contributed by atoms with van der Waals surface area (Å²) in [5.74, 6) is -0.244. The molecule has 0 saturated heterocycles. The lowest BCUT2D eigenvalue weighted by atomic mass is 10.1. The van der Waals surface area contributed by atoms with Crippen LogP contribution in [0, 0.1) is 20.8 Å². The highest BCUT2D eigenvalue weighted by atomic mass is 16.1. The van der Waals surface area contributed by atoms with Crippen LogP contribution >= 0.6 is 0 Å². The van der Waals surface area contributed by atoms with E-state index in [0.717, 1.165) is 28.0 Å². The number of carbonyl (C=O) groups excluding carboxylic acids is 1. The Balaban J connectivity index is 2.31. The van der Waals surface area contributed by atoms with Gasteiger partial charge in [-0.25, -0.2) is 9.50 Å². The summed E-state index contributed by atoms with van der Waals surface area (Å²) in [4.78, 5) is 16.5. The summed E-state index contributed by atoms with van der Waals surface area (Å²) < 4.78 is 3.60. The Morgan fingerprint density at radius 1 is 1.16 bits per heavy atom. The molecule has 0 fully saturated rings. The van der Waals surface area contributed by atoms with Crippen molar-refractivity contribution in [2.45, 2.75) is 20.8 Å². The third-order valence-electron chi connectivity index (χ3n) is 4.60. The number of amides is 1. The van der Waals surface area contributed by atoms with Crippen LogP contribution < -0.4 is 11.5 Å². The molecule has 0 unspecified atom stereocenters. The number of aryl methyl sites for hydroxylation is 3. The quantitative estimate of drug-likeness (QED) is 0.587. The molecule has 0 saturated carbocycles. The molecule has 0 aliphatic carbocycles. The molecule has 4 N–H and O–H groups in total. The van der Waals surface area contributed by atoms with Gasteiger partial charge < -0.3 is 11.5 Å². The zero-order valence-corrected chi connectivity index (χ0v) is 14.2. The number of pyridine rings is 1. The van der Waals surface area contributed by atoms with Gasteiger partial charge in [0.05, 0.1) is 11.3 Å². The first-order valence-electron chi connectivity index (χ1n) is 7.91. The lowest BCUT2D eigenvalue weighted by Crippen LogP contribution is -2.14. The van der Waals surface area contributed by atoms with Gasteiger partial charge in [0.2, 0.25) is 0 Å². The van der Waals surface area contributed by atoms with Crippen molar-refractivity contribution >= 4 is 28.3 Å². The third kappa shape index (κ3) is 1.95. The third-order valence-corrected chi connectivity index (χ3v) is 4.60. The average Bonchev–Trinajstić information content (AvgIpc) is 3.11. The Hall–Kier alpha value is -3.35. The summed E-state index contributed by atoms with van der Waals surface area (Å²) in [7, 11) is 0. The van der Waals surface area contributed by atoms with Gasteiger partial charge in [-0.15, -0.1) is 0 Å². The Kier molecular flexibility index (Phi) is 3.08. The molecule has 4 aromatic rings. The lowest BCUT2D eigenvalue weighted by molar-refractivity contribution is 0.100. The van der Waals surface area contributed by atoms with Crippen LogP contribution in [0.4, 0.5) is 5.82 Å². The van der Waals surface area contributed by atoms with Crippen LogP contribution in [-0.2, 0) is 0 Å². The molecule has 25 heavy (non-hydrogen) atoms. The zero-order valence-electron chi connectivity index (χ0n) is 14.2. The lowest BCUT2D eigenvalue weighted by Gasteiger charge is -2.15. The van der Waals surface area contributed by atoms with Crippen molar-refractivity contribution in [3.05, 3.63) is 53.0 Å². The van der Waals surface area contributed by atoms with E-state index in [0.29, 0.717) is 22.4 Å². The van der Waals surface area contributed by atoms with E-state index in [1.165, 1.54) is 6.33 Å². The van der Waals surface area contributed by atoms with Crippen LogP contribution in [0.25, 0.3) is 22.2 Å². The number of benzene rings is 1. The van der Waals surface area contributed by atoms with E-state index < -0.39 is 5.91 Å². The maximum atomic E-state index is 12.1. The molecule has 0 aliphatic heterocycles. The van der Waals surface area contributed by atoms with Crippen molar-refractivity contribution in [3.63, 3.8) is 0 Å². The number of para-hydroxylation sites is 1. The molecule has 7 nitrogen and oxygen atoms in total. The molecule has 0 bridgehead atoms. The summed E-state index contributed by atoms with van der Waals surface area (Å²) in [6, 6.07) is 7.87. The van der Waals surface area contributed by atoms with Gasteiger partial charge in [0.15, 0.2) is 5.65 Å². The van der Waals surface area contributed by atoms with Crippen LogP contribution in [-0.4, -0.2) is 25.1 Å². The maximum Gasteiger partial charge on any atom is 0.253 e. The number of primary amides is 1. The Labute approximate surface area is 143 Å². The van der Waals surface area contributed by atoms with Crippen molar-refractivity contribution in [1.82, 2.24) is 19.2 Å². The number of nitrogens with zero attached hydrogens (tertiary/aromatic N) is 4. The van der Waals surface area contributed by atoms with Crippen LogP contribution in [0.2, 0.25) is 0 Å². The van der Waals surface area contributed by atoms with Crippen LogP contribution in [0.1, 0.15) is 27.2 Å². The van der Waals surface area contributed by atoms with Crippen molar-refractivity contribution < 1.29 is 4.79 Å². The number of nitrogens with two attached hydrogens (primary N) is 2. The van der Waals surface area contributed by atoms with Crippen LogP contribution in [0.5, 0.6) is 0 Å². The van der Waals surface area contributed by atoms with Gasteiger partial charge in [0.25, 0.3) is 5.91 Å². The van der Waals surface area contributed by atoms with Crippen molar-refractivity contribution in [2.24, 2.45) is 5.73 Å². The number of aromatic nitrogens is 4.